The number of hydrogen-bond acceptors (Lipinski definition) is 5. The van der Waals surface area contributed by atoms with Gasteiger partial charge in [-0.25, -0.2) is 8.42 Å². The Bertz CT molecular complexity index is 2700. The summed E-state index contributed by atoms with van der Waals surface area (Å²) >= 11 is 0. The van der Waals surface area contributed by atoms with E-state index in [0.29, 0.717) is 4.90 Å². The van der Waals surface area contributed by atoms with E-state index in [1.54, 1.807) is 0 Å². The molecule has 7 aliphatic rings. The minimum atomic E-state index is -3.58. The third-order valence-corrected chi connectivity index (χ3v) is 15.6. The van der Waals surface area contributed by atoms with Crippen molar-refractivity contribution < 1.29 is 8.42 Å². The van der Waals surface area contributed by atoms with Gasteiger partial charge in [0.05, 0.1) is 27.9 Å². The van der Waals surface area contributed by atoms with Crippen LogP contribution in [0.4, 0.5) is 5.69 Å². The van der Waals surface area contributed by atoms with Crippen LogP contribution in [-0.2, 0) is 15.3 Å². The van der Waals surface area contributed by atoms with Crippen LogP contribution < -0.4 is 5.32 Å². The highest BCUT2D eigenvalue weighted by atomic mass is 32.2. The van der Waals surface area contributed by atoms with Gasteiger partial charge in [0.1, 0.15) is 0 Å². The molecule has 0 saturated carbocycles. The predicted octanol–water partition coefficient (Wildman–Crippen LogP) is 11.0. The number of benzene rings is 3. The Kier molecular flexibility index (Phi) is 9.48. The van der Waals surface area contributed by atoms with Crippen molar-refractivity contribution in [2.24, 2.45) is 10.9 Å². The van der Waals surface area contributed by atoms with E-state index in [1.165, 1.54) is 22.4 Å². The van der Waals surface area contributed by atoms with Crippen molar-refractivity contribution in [3.05, 3.63) is 221 Å². The maximum absolute atomic E-state index is 14.4. The van der Waals surface area contributed by atoms with Gasteiger partial charge in [0.2, 0.25) is 0 Å². The molecular weight excluding hydrogens is 743 g/mol. The van der Waals surface area contributed by atoms with Crippen LogP contribution >= 0.6 is 0 Å². The van der Waals surface area contributed by atoms with E-state index < -0.39 is 20.5 Å². The van der Waals surface area contributed by atoms with Crippen LogP contribution in [0, 0.1) is 5.92 Å². The topological polar surface area (TPSA) is 61.8 Å². The van der Waals surface area contributed by atoms with Gasteiger partial charge >= 0.3 is 0 Å². The molecule has 0 amide bonds. The smallest absolute Gasteiger partial charge is 0.186 e. The molecule has 6 heteroatoms. The van der Waals surface area contributed by atoms with E-state index in [9.17, 15) is 8.42 Å². The molecule has 0 radical (unpaired) electrons. The molecule has 1 N–H and O–H groups in total. The minimum absolute atomic E-state index is 0.104. The first kappa shape index (κ1) is 37.3. The van der Waals surface area contributed by atoms with Gasteiger partial charge in [0.25, 0.3) is 0 Å². The van der Waals surface area contributed by atoms with Crippen LogP contribution in [0.25, 0.3) is 5.70 Å². The van der Waals surface area contributed by atoms with Gasteiger partial charge in [-0.15, -0.1) is 0 Å². The number of anilines is 1. The molecule has 0 aromatic heterocycles. The van der Waals surface area contributed by atoms with Crippen LogP contribution in [0.2, 0.25) is 0 Å². The molecule has 5 aliphatic carbocycles. The first-order chi connectivity index (χ1) is 28.8. The van der Waals surface area contributed by atoms with E-state index >= 15 is 0 Å². The van der Waals surface area contributed by atoms with Gasteiger partial charge in [-0.05, 0) is 83.9 Å². The summed E-state index contributed by atoms with van der Waals surface area (Å²) in [5, 5.41) is 3.23. The van der Waals surface area contributed by atoms with Crippen molar-refractivity contribution in [3.8, 4) is 0 Å². The quantitative estimate of drug-likeness (QED) is 0.231. The molecule has 0 saturated heterocycles. The molecule has 59 heavy (non-hydrogen) atoms. The second-order valence-corrected chi connectivity index (χ2v) is 18.8. The molecule has 2 heterocycles. The highest BCUT2D eigenvalue weighted by molar-refractivity contribution is 7.92. The summed E-state index contributed by atoms with van der Waals surface area (Å²) in [7, 11) is -1.71. The zero-order chi connectivity index (χ0) is 40.1. The average Bonchev–Trinajstić information content (AvgIpc) is 3.73. The largest absolute Gasteiger partial charge is 0.357 e. The maximum Gasteiger partial charge on any atom is 0.186 e. The Morgan fingerprint density at radius 3 is 2.47 bits per heavy atom. The van der Waals surface area contributed by atoms with Crippen LogP contribution in [0.5, 0.6) is 0 Å². The number of nitrogens with one attached hydrogen (secondary N) is 1. The molecule has 2 aliphatic heterocycles. The highest BCUT2D eigenvalue weighted by Crippen LogP contribution is 2.53. The number of aliphatic imine (C=N–C) groups is 1. The Labute approximate surface area is 349 Å². The lowest BCUT2D eigenvalue weighted by Gasteiger charge is -2.46. The van der Waals surface area contributed by atoms with Gasteiger partial charge in [0, 0.05) is 47.3 Å². The summed E-state index contributed by atoms with van der Waals surface area (Å²) in [6.07, 6.45) is 41.9. The van der Waals surface area contributed by atoms with E-state index in [2.05, 4.69) is 175 Å². The van der Waals surface area contributed by atoms with Crippen LogP contribution in [0.3, 0.4) is 0 Å². The van der Waals surface area contributed by atoms with E-state index in [1.807, 2.05) is 31.3 Å². The fourth-order valence-electron chi connectivity index (χ4n) is 10.5. The van der Waals surface area contributed by atoms with Crippen LogP contribution in [-0.4, -0.2) is 43.4 Å². The maximum atomic E-state index is 14.4. The fraction of sp³-hybridized carbons (Fsp3) is 0.226. The molecule has 3 aromatic rings. The zero-order valence-corrected chi connectivity index (χ0v) is 34.3. The summed E-state index contributed by atoms with van der Waals surface area (Å²) in [6.45, 7) is 2.23. The van der Waals surface area contributed by atoms with Crippen LogP contribution in [0.15, 0.2) is 209 Å². The fourth-order valence-corrected chi connectivity index (χ4v) is 12.8. The average molecular weight is 792 g/mol. The number of allylic oxidation sites excluding steroid dienone is 14. The second kappa shape index (κ2) is 15.0. The number of sulfone groups is 1. The van der Waals surface area contributed by atoms with Gasteiger partial charge < -0.3 is 10.2 Å². The second-order valence-electron chi connectivity index (χ2n) is 16.7. The van der Waals surface area contributed by atoms with Crippen molar-refractivity contribution >= 4 is 26.9 Å². The van der Waals surface area contributed by atoms with Gasteiger partial charge in [-0.3, -0.25) is 4.99 Å². The lowest BCUT2D eigenvalue weighted by molar-refractivity contribution is 0.202. The third-order valence-electron chi connectivity index (χ3n) is 13.4. The van der Waals surface area contributed by atoms with E-state index in [4.69, 9.17) is 4.99 Å². The molecule has 7 unspecified atom stereocenters. The molecule has 5 nitrogen and oxygen atoms in total. The Balaban J connectivity index is 0.976. The van der Waals surface area contributed by atoms with Crippen molar-refractivity contribution in [2.45, 2.75) is 65.7 Å². The Morgan fingerprint density at radius 2 is 1.64 bits per heavy atom. The van der Waals surface area contributed by atoms with Gasteiger partial charge in [0.15, 0.2) is 9.84 Å². The molecule has 10 rings (SSSR count). The third kappa shape index (κ3) is 6.36. The monoisotopic (exact) mass is 791 g/mol. The summed E-state index contributed by atoms with van der Waals surface area (Å²) in [4.78, 5) is 7.81. The molecule has 0 bridgehead atoms. The zero-order valence-electron chi connectivity index (χ0n) is 33.5. The number of hydrogen-bond donors (Lipinski definition) is 1. The summed E-state index contributed by atoms with van der Waals surface area (Å²) < 4.78 is 28.7. The van der Waals surface area contributed by atoms with E-state index in [0.717, 1.165) is 53.0 Å². The lowest BCUT2D eigenvalue weighted by atomic mass is 9.71. The van der Waals surface area contributed by atoms with Crippen molar-refractivity contribution in [1.29, 1.82) is 0 Å². The summed E-state index contributed by atoms with van der Waals surface area (Å²) in [5.41, 5.74) is 10.5. The molecule has 3 aromatic carbocycles. The first-order valence-electron chi connectivity index (χ1n) is 20.9. The van der Waals surface area contributed by atoms with Gasteiger partial charge in [-0.2, -0.15) is 0 Å². The Morgan fingerprint density at radius 1 is 0.847 bits per heavy atom. The van der Waals surface area contributed by atoms with Crippen molar-refractivity contribution in [3.63, 3.8) is 0 Å². The molecule has 0 spiro atoms. The molecule has 294 valence electrons. The number of nitrogens with zero attached hydrogens (tertiary/aromatic N) is 2. The summed E-state index contributed by atoms with van der Waals surface area (Å²) in [6, 6.07) is 25.5. The minimum Gasteiger partial charge on any atom is -0.357 e. The Hall–Kier alpha value is -5.98. The standard InChI is InChI=1S/C53H49N3O2S/c1-53(45-26-16-25-43-42-24-10-12-28-50(42)59(57,58)52(43)45)32-14-13-29-51(53)56-48-27-11-9-23-41(48)44-34-39(30-31-49(44)56)38-21-15-22-40(33-38)55-47(37-19-7-4-8-20-37)35-46(54-2)36-17-5-3-6-18-36/h3-5,7-17,19-33,35,39,41-42,48,50-51,55H,6,18,34H2,1-2H3/b47-35-,54-46+. The normalized spacial score (nSPS) is 29.7. The first-order valence-corrected chi connectivity index (χ1v) is 22.5. The number of rotatable bonds is 8. The number of fused-ring (bicyclic) bond motifs is 5. The predicted molar refractivity (Wildman–Crippen MR) is 243 cm³/mol. The SMILES string of the molecule is C/N=C(\C=C(/Nc1cccc(C2C=CC3=C(C2)C2C=CC=CC2N3C2C=CC=CC2(C)c2cccc3c2S(=O)(=O)C2C=CC=CC32)c1)c1ccccc1)C1=CC=CCC1. The lowest BCUT2D eigenvalue weighted by Crippen LogP contribution is -2.51. The molecular formula is C53H49N3O2S. The van der Waals surface area contributed by atoms with Crippen molar-refractivity contribution in [1.82, 2.24) is 4.90 Å². The molecule has 7 atom stereocenters. The summed E-state index contributed by atoms with van der Waals surface area (Å²) in [5.74, 6) is 0.264. The van der Waals surface area contributed by atoms with Gasteiger partial charge in [-0.1, -0.05) is 158 Å². The highest BCUT2D eigenvalue weighted by Gasteiger charge is 2.52. The molecule has 0 fully saturated rings. The van der Waals surface area contributed by atoms with E-state index in [-0.39, 0.29) is 29.8 Å². The van der Waals surface area contributed by atoms with Crippen LogP contribution in [0.1, 0.15) is 60.3 Å². The van der Waals surface area contributed by atoms with Crippen molar-refractivity contribution in [2.75, 3.05) is 12.4 Å².